The lowest BCUT2D eigenvalue weighted by Crippen LogP contribution is -2.40. The minimum atomic E-state index is -0.759. The Hall–Kier alpha value is -4.68. The van der Waals surface area contributed by atoms with E-state index in [-0.39, 0.29) is 48.2 Å². The van der Waals surface area contributed by atoms with Gasteiger partial charge in [0.2, 0.25) is 0 Å². The molecule has 2 amide bonds. The fourth-order valence-electron chi connectivity index (χ4n) is 7.95. The van der Waals surface area contributed by atoms with E-state index in [9.17, 15) is 14.7 Å². The van der Waals surface area contributed by atoms with E-state index < -0.39 is 29.7 Å². The van der Waals surface area contributed by atoms with E-state index in [1.165, 1.54) is 4.90 Å². The summed E-state index contributed by atoms with van der Waals surface area (Å²) in [5.41, 5.74) is 2.22. The smallest absolute Gasteiger partial charge is 0.411 e. The molecule has 0 bridgehead atoms. The highest BCUT2D eigenvalue weighted by molar-refractivity contribution is 6.36. The molecule has 0 saturated carbocycles. The largest absolute Gasteiger partial charge is 0.462 e. The van der Waals surface area contributed by atoms with Gasteiger partial charge in [0.05, 0.1) is 24.1 Å². The Morgan fingerprint density at radius 1 is 1.14 bits per heavy atom. The molecule has 0 radical (unpaired) electrons. The number of aliphatic hydroxyl groups excluding tert-OH is 1. The van der Waals surface area contributed by atoms with Crippen LogP contribution in [0, 0.1) is 17.7 Å². The third-order valence-corrected chi connectivity index (χ3v) is 11.6. The summed E-state index contributed by atoms with van der Waals surface area (Å²) < 4.78 is 28.7. The standard InChI is InChI=1S/C42H49ClFN7O5Si/c1-42(2,3)56-41(54)51-24-30(52)21-27(51)14-15-34(53)50-19-16-28(23-50)48(4)39-32-22-45-37(31-12-5-9-26-10-6-13-33(43)35(26)31)36(44)38(32)46-40(47-39)55-25-29-11-7-17-49(29)18-8-20-57/h5-6,9-10,12-13,20,22,27-30,52H,7-8,11,16-19,21,23-25,57H2,1-4H3/t27-,28-,29+,30-/m1/s1. The number of likely N-dealkylation sites (tertiary alicyclic amines) is 3. The maximum Gasteiger partial charge on any atom is 0.411 e. The number of aliphatic hydroxyl groups is 1. The predicted octanol–water partition coefficient (Wildman–Crippen LogP) is 4.72. The fraction of sp³-hybridized carbons (Fsp3) is 0.476. The molecule has 0 aliphatic carbocycles. The van der Waals surface area contributed by atoms with Gasteiger partial charge in [-0.05, 0) is 80.2 Å². The van der Waals surface area contributed by atoms with Gasteiger partial charge < -0.3 is 24.4 Å². The molecule has 3 aliphatic heterocycles. The Balaban J connectivity index is 1.16. The number of pyridine rings is 1. The lowest BCUT2D eigenvalue weighted by Gasteiger charge is -2.27. The van der Waals surface area contributed by atoms with Crippen LogP contribution in [0.2, 0.25) is 5.02 Å². The highest BCUT2D eigenvalue weighted by Crippen LogP contribution is 2.38. The van der Waals surface area contributed by atoms with Crippen LogP contribution >= 0.6 is 11.6 Å². The van der Waals surface area contributed by atoms with Gasteiger partial charge in [-0.25, -0.2) is 9.18 Å². The Labute approximate surface area is 340 Å². The first-order valence-corrected chi connectivity index (χ1v) is 20.7. The zero-order valence-corrected chi connectivity index (χ0v) is 35.1. The molecule has 2 aromatic heterocycles. The molecule has 0 spiro atoms. The molecule has 57 heavy (non-hydrogen) atoms. The van der Waals surface area contributed by atoms with Crippen molar-refractivity contribution >= 4 is 66.6 Å². The Morgan fingerprint density at radius 3 is 2.70 bits per heavy atom. The summed E-state index contributed by atoms with van der Waals surface area (Å²) in [5, 5.41) is 12.8. The van der Waals surface area contributed by atoms with Gasteiger partial charge in [0, 0.05) is 67.4 Å². The SMILES string of the molecule is CN(c1nc(OC[C@@H]2CCCN2CCC=[SiH2])nc2c(F)c(-c3cccc4cccc(Cl)c34)ncc12)[C@@H]1CCN(C(=O)C#C[C@@H]2C[C@@H](O)CN2C(=O)OC(C)(C)C)C1. The van der Waals surface area contributed by atoms with Crippen molar-refractivity contribution in [1.82, 2.24) is 29.7 Å². The van der Waals surface area contributed by atoms with Crippen molar-refractivity contribution in [2.75, 3.05) is 51.3 Å². The van der Waals surface area contributed by atoms with Gasteiger partial charge in [-0.2, -0.15) is 9.97 Å². The number of benzene rings is 2. The summed E-state index contributed by atoms with van der Waals surface area (Å²) in [6, 6.07) is 10.6. The minimum Gasteiger partial charge on any atom is -0.462 e. The quantitative estimate of drug-likeness (QED) is 0.188. The number of carbonyl (C=O) groups excluding carboxylic acids is 2. The monoisotopic (exact) mass is 813 g/mol. The molecule has 300 valence electrons. The van der Waals surface area contributed by atoms with Gasteiger partial charge in [0.15, 0.2) is 5.82 Å². The first-order chi connectivity index (χ1) is 27.3. The Bertz CT molecular complexity index is 2240. The number of amides is 2. The fourth-order valence-corrected chi connectivity index (χ4v) is 8.42. The summed E-state index contributed by atoms with van der Waals surface area (Å²) in [6.45, 7) is 8.48. The van der Waals surface area contributed by atoms with E-state index >= 15 is 4.39 Å². The van der Waals surface area contributed by atoms with E-state index in [1.807, 2.05) is 46.1 Å². The van der Waals surface area contributed by atoms with E-state index in [2.05, 4.69) is 32.4 Å². The molecule has 0 unspecified atom stereocenters. The van der Waals surface area contributed by atoms with Crippen molar-refractivity contribution in [3.05, 3.63) is 53.4 Å². The van der Waals surface area contributed by atoms with Crippen LogP contribution in [0.1, 0.15) is 52.9 Å². The molecule has 4 atom stereocenters. The highest BCUT2D eigenvalue weighted by atomic mass is 35.5. The maximum absolute atomic E-state index is 16.9. The van der Waals surface area contributed by atoms with Crippen LogP contribution in [0.3, 0.4) is 0 Å². The Kier molecular flexibility index (Phi) is 12.1. The number of anilines is 1. The van der Waals surface area contributed by atoms with Crippen molar-refractivity contribution in [1.29, 1.82) is 0 Å². The van der Waals surface area contributed by atoms with Crippen molar-refractivity contribution in [2.45, 2.75) is 82.7 Å². The number of ether oxygens (including phenoxy) is 2. The molecular formula is C42H49ClFN7O5Si. The maximum atomic E-state index is 16.9. The van der Waals surface area contributed by atoms with Crippen molar-refractivity contribution in [3.63, 3.8) is 0 Å². The summed E-state index contributed by atoms with van der Waals surface area (Å²) in [4.78, 5) is 47.7. The van der Waals surface area contributed by atoms with Crippen LogP contribution in [-0.2, 0) is 9.53 Å². The average molecular weight is 814 g/mol. The average Bonchev–Trinajstić information content (AvgIpc) is 3.94. The Morgan fingerprint density at radius 2 is 1.93 bits per heavy atom. The van der Waals surface area contributed by atoms with Gasteiger partial charge in [-0.3, -0.25) is 19.6 Å². The molecule has 2 aromatic carbocycles. The summed E-state index contributed by atoms with van der Waals surface area (Å²) in [6.07, 6.45) is 4.15. The van der Waals surface area contributed by atoms with Crippen LogP contribution in [0.25, 0.3) is 32.9 Å². The van der Waals surface area contributed by atoms with Crippen LogP contribution in [-0.4, -0.2) is 138 Å². The topological polar surface area (TPSA) is 124 Å². The number of fused-ring (bicyclic) bond motifs is 2. The third kappa shape index (κ3) is 8.92. The second kappa shape index (κ2) is 17.0. The van der Waals surface area contributed by atoms with Gasteiger partial charge in [-0.1, -0.05) is 47.9 Å². The van der Waals surface area contributed by atoms with Crippen molar-refractivity contribution < 1.29 is 28.6 Å². The molecule has 4 aromatic rings. The number of halogens is 2. The normalized spacial score (nSPS) is 21.2. The lowest BCUT2D eigenvalue weighted by molar-refractivity contribution is -0.124. The molecule has 5 heterocycles. The van der Waals surface area contributed by atoms with E-state index in [0.29, 0.717) is 53.3 Å². The van der Waals surface area contributed by atoms with Gasteiger partial charge in [0.25, 0.3) is 5.91 Å². The van der Waals surface area contributed by atoms with Crippen LogP contribution < -0.4 is 9.64 Å². The van der Waals surface area contributed by atoms with E-state index in [4.69, 9.17) is 26.1 Å². The van der Waals surface area contributed by atoms with E-state index in [0.717, 1.165) is 37.7 Å². The van der Waals surface area contributed by atoms with Crippen molar-refractivity contribution in [3.8, 4) is 29.1 Å². The molecule has 15 heteroatoms. The van der Waals surface area contributed by atoms with Gasteiger partial charge in [-0.15, -0.1) is 5.67 Å². The summed E-state index contributed by atoms with van der Waals surface area (Å²) in [5.74, 6) is 5.07. The first kappa shape index (κ1) is 40.5. The molecule has 3 saturated heterocycles. The van der Waals surface area contributed by atoms with Crippen LogP contribution in [0.15, 0.2) is 42.6 Å². The van der Waals surface area contributed by atoms with Crippen LogP contribution in [0.5, 0.6) is 6.01 Å². The lowest BCUT2D eigenvalue weighted by atomic mass is 10.0. The van der Waals surface area contributed by atoms with E-state index in [1.54, 1.807) is 44.0 Å². The molecule has 3 fully saturated rings. The number of likely N-dealkylation sites (N-methyl/N-ethyl adjacent to an activating group) is 1. The number of nitrogens with zero attached hydrogens (tertiary/aromatic N) is 7. The number of aromatic nitrogens is 3. The zero-order valence-electron chi connectivity index (χ0n) is 32.9. The number of carbonyl (C=O) groups is 2. The molecule has 12 nitrogen and oxygen atoms in total. The summed E-state index contributed by atoms with van der Waals surface area (Å²) in [7, 11) is 3.72. The minimum absolute atomic E-state index is 0.0665. The summed E-state index contributed by atoms with van der Waals surface area (Å²) >= 11 is 6.65. The van der Waals surface area contributed by atoms with Gasteiger partial charge >= 0.3 is 12.1 Å². The number of β-amino-alcohol motifs (C(OH)–C–C–N with tert-alkyl or cyclic N) is 1. The second-order valence-electron chi connectivity index (χ2n) is 16.0. The zero-order chi connectivity index (χ0) is 40.4. The number of hydrogen-bond acceptors (Lipinski definition) is 10. The highest BCUT2D eigenvalue weighted by Gasteiger charge is 2.37. The number of rotatable bonds is 9. The van der Waals surface area contributed by atoms with Gasteiger partial charge in [0.1, 0.15) is 29.2 Å². The molecular weight excluding hydrogens is 765 g/mol. The first-order valence-electron chi connectivity index (χ1n) is 19.5. The van der Waals surface area contributed by atoms with Crippen LogP contribution in [0.4, 0.5) is 15.0 Å². The molecule has 3 aliphatic rings. The predicted molar refractivity (Wildman–Crippen MR) is 223 cm³/mol. The van der Waals surface area contributed by atoms with Crippen molar-refractivity contribution in [2.24, 2.45) is 0 Å². The molecule has 7 rings (SSSR count). The molecule has 1 N–H and O–H groups in total. The second-order valence-corrected chi connectivity index (χ2v) is 17.0. The number of hydrogen-bond donors (Lipinski definition) is 1. The third-order valence-electron chi connectivity index (χ3n) is 10.9.